The summed E-state index contributed by atoms with van der Waals surface area (Å²) in [6, 6.07) is 10.5. The van der Waals surface area contributed by atoms with Crippen molar-refractivity contribution in [2.24, 2.45) is 0 Å². The molecule has 1 unspecified atom stereocenters. The maximum atomic E-state index is 14.2. The lowest BCUT2D eigenvalue weighted by molar-refractivity contribution is -0.101. The van der Waals surface area contributed by atoms with Gasteiger partial charge in [-0.1, -0.05) is 11.6 Å². The SMILES string of the molecule is COCCOc1ccc(C(=O)NCC(O)(c2ccc(OC)c(-c3ccc(F)c(Cl)c3)n2)C(F)F)cc1OC. The average molecular weight is 555 g/mol. The van der Waals surface area contributed by atoms with E-state index in [1.165, 1.54) is 57.7 Å². The number of aliphatic hydroxyl groups is 1. The van der Waals surface area contributed by atoms with Crippen LogP contribution in [0.1, 0.15) is 16.1 Å². The van der Waals surface area contributed by atoms with Gasteiger partial charge in [0.25, 0.3) is 12.3 Å². The highest BCUT2D eigenvalue weighted by atomic mass is 35.5. The molecule has 0 aliphatic carbocycles. The third-order valence-electron chi connectivity index (χ3n) is 5.57. The van der Waals surface area contributed by atoms with E-state index in [2.05, 4.69) is 10.3 Å². The molecule has 204 valence electrons. The van der Waals surface area contributed by atoms with E-state index in [4.69, 9.17) is 30.5 Å². The van der Waals surface area contributed by atoms with Crippen molar-refractivity contribution < 1.29 is 42.0 Å². The van der Waals surface area contributed by atoms with E-state index >= 15 is 0 Å². The smallest absolute Gasteiger partial charge is 0.274 e. The number of methoxy groups -OCH3 is 3. The number of nitrogens with one attached hydrogen (secondary N) is 1. The molecule has 8 nitrogen and oxygen atoms in total. The van der Waals surface area contributed by atoms with Crippen LogP contribution in [0.4, 0.5) is 13.2 Å². The van der Waals surface area contributed by atoms with Crippen LogP contribution in [-0.2, 0) is 10.3 Å². The van der Waals surface area contributed by atoms with E-state index < -0.39 is 36.0 Å². The number of nitrogens with zero attached hydrogens (tertiary/aromatic N) is 1. The normalized spacial score (nSPS) is 12.7. The zero-order valence-corrected chi connectivity index (χ0v) is 21.5. The van der Waals surface area contributed by atoms with Crippen molar-refractivity contribution in [3.05, 3.63) is 70.6 Å². The van der Waals surface area contributed by atoms with Gasteiger partial charge in [-0.15, -0.1) is 0 Å². The van der Waals surface area contributed by atoms with Crippen LogP contribution >= 0.6 is 11.6 Å². The molecule has 0 spiro atoms. The monoisotopic (exact) mass is 554 g/mol. The Bertz CT molecular complexity index is 1280. The van der Waals surface area contributed by atoms with Crippen molar-refractivity contribution in [1.82, 2.24) is 10.3 Å². The zero-order chi connectivity index (χ0) is 27.9. The van der Waals surface area contributed by atoms with E-state index in [1.54, 1.807) is 0 Å². The van der Waals surface area contributed by atoms with Crippen LogP contribution in [0, 0.1) is 5.82 Å². The Morgan fingerprint density at radius 1 is 1.03 bits per heavy atom. The van der Waals surface area contributed by atoms with Crippen molar-refractivity contribution in [2.75, 3.05) is 41.1 Å². The minimum atomic E-state index is -3.33. The van der Waals surface area contributed by atoms with Gasteiger partial charge in [0.15, 0.2) is 17.1 Å². The first-order valence-corrected chi connectivity index (χ1v) is 11.6. The van der Waals surface area contributed by atoms with Gasteiger partial charge in [0.2, 0.25) is 0 Å². The topological polar surface area (TPSA) is 99.1 Å². The summed E-state index contributed by atoms with van der Waals surface area (Å²) in [6.07, 6.45) is -3.33. The Kier molecular flexibility index (Phi) is 9.78. The summed E-state index contributed by atoms with van der Waals surface area (Å²) in [7, 11) is 4.25. The van der Waals surface area contributed by atoms with Crippen LogP contribution in [0.25, 0.3) is 11.3 Å². The first-order chi connectivity index (χ1) is 18.1. The van der Waals surface area contributed by atoms with Gasteiger partial charge in [-0.05, 0) is 48.5 Å². The molecule has 2 N–H and O–H groups in total. The Balaban J connectivity index is 1.87. The second-order valence-electron chi connectivity index (χ2n) is 7.99. The van der Waals surface area contributed by atoms with Crippen molar-refractivity contribution in [3.63, 3.8) is 0 Å². The summed E-state index contributed by atoms with van der Waals surface area (Å²) in [6.45, 7) is -0.283. The molecule has 1 aromatic heterocycles. The van der Waals surface area contributed by atoms with Crippen LogP contribution in [0.2, 0.25) is 5.02 Å². The molecule has 0 saturated carbocycles. The van der Waals surface area contributed by atoms with Crippen LogP contribution in [0.15, 0.2) is 48.5 Å². The highest BCUT2D eigenvalue weighted by Gasteiger charge is 2.42. The molecule has 0 saturated heterocycles. The summed E-state index contributed by atoms with van der Waals surface area (Å²) >= 11 is 5.86. The molecule has 1 amide bonds. The Labute approximate surface area is 222 Å². The van der Waals surface area contributed by atoms with Crippen molar-refractivity contribution in [3.8, 4) is 28.5 Å². The van der Waals surface area contributed by atoms with Crippen molar-refractivity contribution >= 4 is 17.5 Å². The fourth-order valence-corrected chi connectivity index (χ4v) is 3.64. The number of hydrogen-bond donors (Lipinski definition) is 2. The standard InChI is InChI=1S/C26H26ClF3N2O6/c1-35-10-11-38-19-7-5-16(13-21(19)37-3)24(33)31-14-26(34,25(29)30)22-9-8-20(36-2)23(32-22)15-4-6-18(28)17(27)12-15/h4-9,12-13,25,34H,10-11,14H2,1-3H3,(H,31,33). The predicted molar refractivity (Wildman–Crippen MR) is 134 cm³/mol. The highest BCUT2D eigenvalue weighted by molar-refractivity contribution is 6.31. The number of carbonyl (C=O) groups excluding carboxylic acids is 1. The van der Waals surface area contributed by atoms with Gasteiger partial charge in [-0.3, -0.25) is 4.79 Å². The molecule has 0 radical (unpaired) electrons. The lowest BCUT2D eigenvalue weighted by Gasteiger charge is -2.28. The molecule has 0 aliphatic heterocycles. The molecule has 0 aliphatic rings. The summed E-state index contributed by atoms with van der Waals surface area (Å²) in [5.74, 6) is -0.635. The second kappa shape index (κ2) is 12.8. The molecule has 38 heavy (non-hydrogen) atoms. The van der Waals surface area contributed by atoms with E-state index in [0.29, 0.717) is 12.4 Å². The van der Waals surface area contributed by atoms with E-state index in [0.717, 1.165) is 12.1 Å². The first-order valence-electron chi connectivity index (χ1n) is 11.2. The number of aromatic nitrogens is 1. The highest BCUT2D eigenvalue weighted by Crippen LogP contribution is 2.35. The molecule has 3 aromatic rings. The van der Waals surface area contributed by atoms with Gasteiger partial charge in [-0.2, -0.15) is 0 Å². The Morgan fingerprint density at radius 3 is 2.37 bits per heavy atom. The molecule has 12 heteroatoms. The largest absolute Gasteiger partial charge is 0.494 e. The van der Waals surface area contributed by atoms with Crippen LogP contribution in [-0.4, -0.2) is 63.5 Å². The number of pyridine rings is 1. The third-order valence-corrected chi connectivity index (χ3v) is 5.85. The number of ether oxygens (including phenoxy) is 4. The van der Waals surface area contributed by atoms with Gasteiger partial charge >= 0.3 is 0 Å². The summed E-state index contributed by atoms with van der Waals surface area (Å²) in [5, 5.41) is 13.1. The molecule has 0 fully saturated rings. The maximum Gasteiger partial charge on any atom is 0.274 e. The fourth-order valence-electron chi connectivity index (χ4n) is 3.46. The second-order valence-corrected chi connectivity index (χ2v) is 8.40. The Hall–Kier alpha value is -3.54. The minimum absolute atomic E-state index is 0.0473. The summed E-state index contributed by atoms with van der Waals surface area (Å²) in [5.41, 5.74) is -2.90. The predicted octanol–water partition coefficient (Wildman–Crippen LogP) is 4.47. The number of hydrogen-bond acceptors (Lipinski definition) is 7. The molecule has 0 bridgehead atoms. The van der Waals surface area contributed by atoms with Crippen LogP contribution in [0.3, 0.4) is 0 Å². The first kappa shape index (κ1) is 29.0. The summed E-state index contributed by atoms with van der Waals surface area (Å²) < 4.78 is 63.0. The van der Waals surface area contributed by atoms with Gasteiger partial charge in [0.1, 0.15) is 23.9 Å². The van der Waals surface area contributed by atoms with Gasteiger partial charge in [-0.25, -0.2) is 18.2 Å². The van der Waals surface area contributed by atoms with Crippen molar-refractivity contribution in [1.29, 1.82) is 0 Å². The van der Waals surface area contributed by atoms with E-state index in [1.807, 2.05) is 0 Å². The Morgan fingerprint density at radius 2 is 1.74 bits per heavy atom. The van der Waals surface area contributed by atoms with Crippen LogP contribution < -0.4 is 19.5 Å². The third kappa shape index (κ3) is 6.47. The minimum Gasteiger partial charge on any atom is -0.494 e. The number of benzene rings is 2. The maximum absolute atomic E-state index is 14.2. The number of alkyl halides is 2. The molecule has 3 rings (SSSR count). The number of rotatable bonds is 12. The average Bonchev–Trinajstić information content (AvgIpc) is 2.92. The number of halogens is 4. The van der Waals surface area contributed by atoms with Gasteiger partial charge < -0.3 is 29.4 Å². The fraction of sp³-hybridized carbons (Fsp3) is 0.308. The number of carbonyl (C=O) groups is 1. The summed E-state index contributed by atoms with van der Waals surface area (Å²) in [4.78, 5) is 16.9. The molecule has 1 heterocycles. The van der Waals surface area contributed by atoms with E-state index in [9.17, 15) is 23.1 Å². The van der Waals surface area contributed by atoms with Crippen LogP contribution in [0.5, 0.6) is 17.2 Å². The van der Waals surface area contributed by atoms with E-state index in [-0.39, 0.29) is 39.9 Å². The zero-order valence-electron chi connectivity index (χ0n) is 20.8. The molecular weight excluding hydrogens is 529 g/mol. The molecule has 1 atom stereocenters. The van der Waals surface area contributed by atoms with Gasteiger partial charge in [0, 0.05) is 18.2 Å². The van der Waals surface area contributed by atoms with Gasteiger partial charge in [0.05, 0.1) is 38.1 Å². The van der Waals surface area contributed by atoms with Crippen molar-refractivity contribution in [2.45, 2.75) is 12.0 Å². The lowest BCUT2D eigenvalue weighted by Crippen LogP contribution is -2.46. The molecular formula is C26H26ClF3N2O6. The lowest BCUT2D eigenvalue weighted by atomic mass is 9.97. The number of amides is 1. The quantitative estimate of drug-likeness (QED) is 0.319. The molecule has 2 aromatic carbocycles.